The maximum absolute atomic E-state index is 8.33. The van der Waals surface area contributed by atoms with Crippen LogP contribution in [-0.4, -0.2) is 43.9 Å². The molecule has 0 bridgehead atoms. The summed E-state index contributed by atoms with van der Waals surface area (Å²) < 4.78 is 0. The van der Waals surface area contributed by atoms with Crippen molar-refractivity contribution in [2.45, 2.75) is 0 Å². The number of carbonyl (C=O) groups is 2. The molecular weight excluding hydrogens is 308 g/mol. The zero-order valence-electron chi connectivity index (χ0n) is 14.1. The van der Waals surface area contributed by atoms with E-state index in [1.807, 2.05) is 0 Å². The van der Waals surface area contributed by atoms with Gasteiger partial charge >= 0.3 is 118 Å². The molecule has 98 valence electrons. The molecule has 0 spiro atoms. The molecule has 0 amide bonds. The Hall–Kier alpha value is 2.30. The molecule has 12 nitrogen and oxygen atoms in total. The van der Waals surface area contributed by atoms with E-state index in [2.05, 4.69) is 0 Å². The summed E-state index contributed by atoms with van der Waals surface area (Å²) in [4.78, 5) is 16.7. The summed E-state index contributed by atoms with van der Waals surface area (Å²) in [6, 6.07) is 0. The second-order valence-electron chi connectivity index (χ2n) is 0.500. The summed E-state index contributed by atoms with van der Waals surface area (Å²) in [5.41, 5.74) is 0. The average molecular weight is 318 g/mol. The Bertz CT molecular complexity index is 95.1. The second kappa shape index (κ2) is 93.8. The Balaban J connectivity index is -0.00000000395. The molecule has 0 aromatic rings. The smallest absolute Gasteiger partial charge is 1.00 e. The monoisotopic (exact) mass is 318 g/mol. The SMILES string of the molecule is O=C([O-])[O-].O=C([O-])[O-].OO.OO.OO.[H-].[H-].[H-].[H-].[Na+].[Na+].[Na+].[Na+]. The van der Waals surface area contributed by atoms with Gasteiger partial charge in [-0.15, -0.1) is 0 Å². The summed E-state index contributed by atoms with van der Waals surface area (Å²) in [6.07, 6.45) is -4.67. The van der Waals surface area contributed by atoms with E-state index < -0.39 is 12.3 Å². The summed E-state index contributed by atoms with van der Waals surface area (Å²) in [6.45, 7) is 0. The second-order valence-corrected chi connectivity index (χ2v) is 0.500. The van der Waals surface area contributed by atoms with Crippen molar-refractivity contribution in [1.29, 1.82) is 0 Å². The van der Waals surface area contributed by atoms with Gasteiger partial charge < -0.3 is 35.7 Å². The third-order valence-corrected chi connectivity index (χ3v) is 0. The zero-order chi connectivity index (χ0) is 13.2. The van der Waals surface area contributed by atoms with Gasteiger partial charge in [0.2, 0.25) is 0 Å². The van der Waals surface area contributed by atoms with Crippen LogP contribution in [-0.2, 0) is 0 Å². The van der Waals surface area contributed by atoms with Crippen molar-refractivity contribution in [1.82, 2.24) is 0 Å². The van der Waals surface area contributed by atoms with Crippen LogP contribution < -0.4 is 139 Å². The molecule has 0 radical (unpaired) electrons. The Morgan fingerprint density at radius 3 is 0.556 bits per heavy atom. The molecule has 0 aromatic carbocycles. The van der Waals surface area contributed by atoms with Crippen LogP contribution in [0.4, 0.5) is 9.59 Å². The predicted octanol–water partition coefficient (Wildman–Crippen LogP) is -16.4. The van der Waals surface area contributed by atoms with Crippen LogP contribution in [0.5, 0.6) is 0 Å². The number of rotatable bonds is 0. The summed E-state index contributed by atoms with van der Waals surface area (Å²) >= 11 is 0. The molecule has 6 N–H and O–H groups in total. The van der Waals surface area contributed by atoms with Crippen LogP contribution in [0.15, 0.2) is 0 Å². The molecule has 0 saturated carbocycles. The van der Waals surface area contributed by atoms with Crippen molar-refractivity contribution < 1.29 is 185 Å². The first-order valence-corrected chi connectivity index (χ1v) is 1.82. The quantitative estimate of drug-likeness (QED) is 0.138. The van der Waals surface area contributed by atoms with Gasteiger partial charge in [-0.3, -0.25) is 31.5 Å². The molecule has 0 fully saturated rings. The van der Waals surface area contributed by atoms with Crippen molar-refractivity contribution in [2.75, 3.05) is 0 Å². The average Bonchev–Trinajstić information content (AvgIpc) is 2.12. The van der Waals surface area contributed by atoms with Crippen LogP contribution in [0.3, 0.4) is 0 Å². The molecule has 0 heterocycles. The van der Waals surface area contributed by atoms with Crippen LogP contribution in [0, 0.1) is 0 Å². The Labute approximate surface area is 195 Å². The Morgan fingerprint density at radius 1 is 0.556 bits per heavy atom. The van der Waals surface area contributed by atoms with Gasteiger partial charge in [-0.05, 0) is 12.3 Å². The molecule has 0 unspecified atom stereocenters. The first kappa shape index (κ1) is 59.2. The summed E-state index contributed by atoms with van der Waals surface area (Å²) in [7, 11) is 0. The standard InChI is InChI=1S/2CH2O3.4Na.3H2O2.4H/c2*2-1(3)4;;;;;3*1-2;;;;/h2*(H2,2,3,4);;;;;3*1-2H;;;;/q;;4*+1;;;;4*-1/p-4. The molecule has 0 saturated heterocycles. The Kier molecular flexibility index (Phi) is 309. The Morgan fingerprint density at radius 2 is 0.556 bits per heavy atom. The van der Waals surface area contributed by atoms with Gasteiger partial charge in [0.05, 0.1) is 0 Å². The maximum Gasteiger partial charge on any atom is 1.00 e. The number of hydrogen-bond donors (Lipinski definition) is 6. The van der Waals surface area contributed by atoms with Crippen LogP contribution in [0.25, 0.3) is 0 Å². The predicted molar refractivity (Wildman–Crippen MR) is 31.0 cm³/mol. The van der Waals surface area contributed by atoms with E-state index >= 15 is 0 Å². The van der Waals surface area contributed by atoms with Crippen molar-refractivity contribution in [2.24, 2.45) is 0 Å². The van der Waals surface area contributed by atoms with E-state index in [1.54, 1.807) is 0 Å². The fourth-order valence-corrected chi connectivity index (χ4v) is 0. The first-order chi connectivity index (χ1) is 6.46. The van der Waals surface area contributed by atoms with Gasteiger partial charge in [0.25, 0.3) is 0 Å². The molecule has 0 aliphatic heterocycles. The van der Waals surface area contributed by atoms with E-state index in [-0.39, 0.29) is 124 Å². The van der Waals surface area contributed by atoms with E-state index in [0.717, 1.165) is 0 Å². The third kappa shape index (κ3) is 1040. The van der Waals surface area contributed by atoms with Gasteiger partial charge in [0.1, 0.15) is 0 Å². The van der Waals surface area contributed by atoms with Crippen molar-refractivity contribution in [3.05, 3.63) is 0 Å². The molecule has 0 aromatic heterocycles. The number of carboxylic acid groups (broad SMARTS) is 4. The van der Waals surface area contributed by atoms with Gasteiger partial charge in [0, 0.05) is 0 Å². The van der Waals surface area contributed by atoms with Gasteiger partial charge in [-0.25, -0.2) is 0 Å². The minimum atomic E-state index is -2.33. The zero-order valence-corrected chi connectivity index (χ0v) is 18.1. The fourth-order valence-electron chi connectivity index (χ4n) is 0. The summed E-state index contributed by atoms with van der Waals surface area (Å²) in [5, 5.41) is 69.3. The normalized spacial score (nSPS) is 3.67. The molecular formula is C2H10Na4O12-4. The van der Waals surface area contributed by atoms with E-state index in [1.165, 1.54) is 0 Å². The summed E-state index contributed by atoms with van der Waals surface area (Å²) in [5.74, 6) is 0. The molecule has 0 atom stereocenters. The number of hydrogen-bond acceptors (Lipinski definition) is 12. The molecule has 18 heavy (non-hydrogen) atoms. The van der Waals surface area contributed by atoms with Gasteiger partial charge in [-0.1, -0.05) is 0 Å². The van der Waals surface area contributed by atoms with Gasteiger partial charge in [-0.2, -0.15) is 0 Å². The van der Waals surface area contributed by atoms with Crippen molar-refractivity contribution >= 4 is 12.3 Å². The van der Waals surface area contributed by atoms with Crippen molar-refractivity contribution in [3.8, 4) is 0 Å². The number of carbonyl (C=O) groups excluding carboxylic acids is 2. The van der Waals surface area contributed by atoms with E-state index in [0.29, 0.717) is 0 Å². The van der Waals surface area contributed by atoms with Crippen LogP contribution >= 0.6 is 0 Å². The largest absolute Gasteiger partial charge is 1.00 e. The van der Waals surface area contributed by atoms with E-state index in [9.17, 15) is 0 Å². The molecule has 0 aliphatic rings. The first-order valence-electron chi connectivity index (χ1n) is 1.82. The maximum atomic E-state index is 8.33. The topological polar surface area (TPSA) is 248 Å². The fraction of sp³-hybridized carbons (Fsp3) is 0. The van der Waals surface area contributed by atoms with Crippen LogP contribution in [0.1, 0.15) is 5.71 Å². The molecule has 16 heteroatoms. The van der Waals surface area contributed by atoms with Crippen LogP contribution in [0.2, 0.25) is 0 Å². The third-order valence-electron chi connectivity index (χ3n) is 0. The molecule has 0 aliphatic carbocycles. The minimum Gasteiger partial charge on any atom is -1.00 e. The van der Waals surface area contributed by atoms with E-state index in [4.69, 9.17) is 61.6 Å². The molecule has 0 rings (SSSR count). The van der Waals surface area contributed by atoms with Gasteiger partial charge in [0.15, 0.2) is 0 Å². The minimum absolute atomic E-state index is 0. The van der Waals surface area contributed by atoms with Crippen molar-refractivity contribution in [3.63, 3.8) is 0 Å².